The van der Waals surface area contributed by atoms with E-state index in [1.807, 2.05) is 6.92 Å². The van der Waals surface area contributed by atoms with E-state index in [1.54, 1.807) is 30.0 Å². The van der Waals surface area contributed by atoms with E-state index < -0.39 is 10.0 Å². The lowest BCUT2D eigenvalue weighted by molar-refractivity contribution is 0.0953. The molecule has 0 radical (unpaired) electrons. The molecule has 1 aliphatic heterocycles. The van der Waals surface area contributed by atoms with Crippen molar-refractivity contribution in [1.82, 2.24) is 10.2 Å². The minimum Gasteiger partial charge on any atom is -0.505 e. The minimum absolute atomic E-state index is 0. The third-order valence-corrected chi connectivity index (χ3v) is 7.14. The van der Waals surface area contributed by atoms with Gasteiger partial charge in [-0.15, -0.1) is 17.0 Å². The lowest BCUT2D eigenvalue weighted by atomic mass is 10.0. The number of sulfonamides is 1. The summed E-state index contributed by atoms with van der Waals surface area (Å²) in [6.45, 7) is 4.12. The molecule has 2 aromatic carbocycles. The molecule has 36 heavy (non-hydrogen) atoms. The molecule has 1 heterocycles. The summed E-state index contributed by atoms with van der Waals surface area (Å²) in [5.41, 5.74) is 2.30. The molecule has 196 valence electrons. The Bertz CT molecular complexity index is 1310. The number of carbonyl (C=O) groups is 2. The molecule has 1 aliphatic rings. The minimum atomic E-state index is -3.66. The molecule has 3 rings (SSSR count). The number of Topliss-reactive ketones (excluding diaryl/α,β-unsaturated/α-hetero) is 1. The summed E-state index contributed by atoms with van der Waals surface area (Å²) >= 11 is 0. The highest BCUT2D eigenvalue weighted by atomic mass is 79.9. The van der Waals surface area contributed by atoms with Crippen LogP contribution in [0.5, 0.6) is 11.5 Å². The van der Waals surface area contributed by atoms with Gasteiger partial charge < -0.3 is 20.1 Å². The third-order valence-electron chi connectivity index (χ3n) is 5.95. The van der Waals surface area contributed by atoms with Gasteiger partial charge in [-0.3, -0.25) is 19.3 Å². The summed E-state index contributed by atoms with van der Waals surface area (Å²) in [7, 11) is -0.839. The molecule has 0 bridgehead atoms. The topological polar surface area (TPSA) is 140 Å². The van der Waals surface area contributed by atoms with E-state index in [1.165, 1.54) is 20.2 Å². The summed E-state index contributed by atoms with van der Waals surface area (Å²) in [6, 6.07) is 6.21. The number of phenolic OH excluding ortho intramolecular Hbond substituents is 1. The SMILES string of the molecule is Br.CCOc1cc2c(cc1C(=O)NC)C(=N)N(CC(=O)c1cc(CC)c(O)c(N(C)S(C)(=O)=O)c1)C2. The number of benzene rings is 2. The molecule has 2 aromatic rings. The molecule has 0 saturated heterocycles. The first-order valence-electron chi connectivity index (χ1n) is 11.1. The molecule has 12 heteroatoms. The van der Waals surface area contributed by atoms with E-state index in [9.17, 15) is 23.1 Å². The van der Waals surface area contributed by atoms with Gasteiger partial charge in [0.15, 0.2) is 5.78 Å². The fraction of sp³-hybridized carbons (Fsp3) is 0.375. The predicted octanol–water partition coefficient (Wildman–Crippen LogP) is 2.71. The van der Waals surface area contributed by atoms with Gasteiger partial charge in [-0.1, -0.05) is 6.92 Å². The van der Waals surface area contributed by atoms with Gasteiger partial charge in [0, 0.05) is 31.8 Å². The van der Waals surface area contributed by atoms with E-state index in [4.69, 9.17) is 10.1 Å². The van der Waals surface area contributed by atoms with Crippen molar-refractivity contribution in [2.45, 2.75) is 26.8 Å². The number of amides is 1. The van der Waals surface area contributed by atoms with Gasteiger partial charge in [-0.25, -0.2) is 8.42 Å². The number of nitrogens with zero attached hydrogens (tertiary/aromatic N) is 2. The van der Waals surface area contributed by atoms with Gasteiger partial charge in [0.1, 0.15) is 17.3 Å². The lowest BCUT2D eigenvalue weighted by Gasteiger charge is -2.21. The van der Waals surface area contributed by atoms with Gasteiger partial charge in [0.2, 0.25) is 10.0 Å². The maximum absolute atomic E-state index is 13.2. The van der Waals surface area contributed by atoms with E-state index in [2.05, 4.69) is 5.32 Å². The van der Waals surface area contributed by atoms with Crippen molar-refractivity contribution in [2.75, 3.05) is 37.8 Å². The smallest absolute Gasteiger partial charge is 0.254 e. The molecule has 0 aromatic heterocycles. The molecule has 0 aliphatic carbocycles. The van der Waals surface area contributed by atoms with Crippen molar-refractivity contribution in [1.29, 1.82) is 5.41 Å². The zero-order valence-corrected chi connectivity index (χ0v) is 23.4. The summed E-state index contributed by atoms with van der Waals surface area (Å²) < 4.78 is 30.6. The number of aryl methyl sites for hydroxylation is 1. The number of fused-ring (bicyclic) bond motifs is 1. The molecular formula is C24H31BrN4O6S. The standard InChI is InChI=1S/C24H30N4O6S.BrH/c1-6-14-8-15(9-19(22(14)30)27(4)35(5,32)33)20(29)13-28-12-16-10-21(34-7-2)18(24(31)26-3)11-17(16)23(28)25;/h8-11,25,30H,6-7,12-13H2,1-5H3,(H,26,31);1H. The van der Waals surface area contributed by atoms with Crippen molar-refractivity contribution in [3.63, 3.8) is 0 Å². The van der Waals surface area contributed by atoms with Crippen molar-refractivity contribution >= 4 is 50.2 Å². The van der Waals surface area contributed by atoms with Crippen LogP contribution in [0.4, 0.5) is 5.69 Å². The summed E-state index contributed by atoms with van der Waals surface area (Å²) in [6.07, 6.45) is 1.41. The number of nitrogens with one attached hydrogen (secondary N) is 2. The number of aromatic hydroxyl groups is 1. The van der Waals surface area contributed by atoms with Crippen molar-refractivity contribution in [3.05, 3.63) is 52.1 Å². The molecule has 0 atom stereocenters. The monoisotopic (exact) mass is 582 g/mol. The Balaban J connectivity index is 0.00000456. The van der Waals surface area contributed by atoms with Gasteiger partial charge >= 0.3 is 0 Å². The van der Waals surface area contributed by atoms with Crippen LogP contribution in [0.25, 0.3) is 0 Å². The molecule has 0 unspecified atom stereocenters. The van der Waals surface area contributed by atoms with Crippen LogP contribution in [0.15, 0.2) is 24.3 Å². The van der Waals surface area contributed by atoms with Gasteiger partial charge in [0.05, 0.1) is 30.7 Å². The van der Waals surface area contributed by atoms with Crippen LogP contribution in [-0.4, -0.2) is 69.5 Å². The normalized spacial score (nSPS) is 12.6. The van der Waals surface area contributed by atoms with Crippen LogP contribution < -0.4 is 14.4 Å². The van der Waals surface area contributed by atoms with Crippen LogP contribution in [-0.2, 0) is 23.0 Å². The number of rotatable bonds is 9. The second-order valence-corrected chi connectivity index (χ2v) is 10.2. The Labute approximate surface area is 221 Å². The molecule has 0 fully saturated rings. The molecular weight excluding hydrogens is 552 g/mol. The van der Waals surface area contributed by atoms with Gasteiger partial charge in [0.25, 0.3) is 5.91 Å². The predicted molar refractivity (Wildman–Crippen MR) is 144 cm³/mol. The van der Waals surface area contributed by atoms with E-state index in [0.717, 1.165) is 16.1 Å². The summed E-state index contributed by atoms with van der Waals surface area (Å²) in [5.74, 6) is -0.353. The zero-order chi connectivity index (χ0) is 26.1. The number of ether oxygens (including phenoxy) is 1. The highest BCUT2D eigenvalue weighted by Gasteiger charge is 2.30. The average molecular weight is 584 g/mol. The van der Waals surface area contributed by atoms with Crippen LogP contribution in [0.2, 0.25) is 0 Å². The largest absolute Gasteiger partial charge is 0.505 e. The van der Waals surface area contributed by atoms with Gasteiger partial charge in [-0.05, 0) is 48.7 Å². The number of anilines is 1. The number of phenols is 1. The second kappa shape index (κ2) is 11.3. The fourth-order valence-corrected chi connectivity index (χ4v) is 4.44. The summed E-state index contributed by atoms with van der Waals surface area (Å²) in [4.78, 5) is 27.1. The number of hydrogen-bond acceptors (Lipinski definition) is 7. The molecule has 1 amide bonds. The quantitative estimate of drug-likeness (QED) is 0.386. The number of hydrogen-bond donors (Lipinski definition) is 3. The highest BCUT2D eigenvalue weighted by molar-refractivity contribution is 8.93. The van der Waals surface area contributed by atoms with Crippen LogP contribution in [0, 0.1) is 5.41 Å². The average Bonchev–Trinajstić information content (AvgIpc) is 3.11. The Morgan fingerprint density at radius 3 is 2.44 bits per heavy atom. The Morgan fingerprint density at radius 2 is 1.89 bits per heavy atom. The van der Waals surface area contributed by atoms with E-state index in [-0.39, 0.29) is 64.6 Å². The fourth-order valence-electron chi connectivity index (χ4n) is 3.94. The van der Waals surface area contributed by atoms with Crippen LogP contribution in [0.3, 0.4) is 0 Å². The van der Waals surface area contributed by atoms with Crippen LogP contribution in [0.1, 0.15) is 51.3 Å². The molecule has 0 spiro atoms. The Kier molecular flexibility index (Phi) is 9.13. The van der Waals surface area contributed by atoms with E-state index in [0.29, 0.717) is 35.5 Å². The highest BCUT2D eigenvalue weighted by Crippen LogP contribution is 2.35. The maximum Gasteiger partial charge on any atom is 0.254 e. The van der Waals surface area contributed by atoms with Crippen molar-refractivity contribution in [3.8, 4) is 11.5 Å². The second-order valence-electron chi connectivity index (χ2n) is 8.23. The van der Waals surface area contributed by atoms with Gasteiger partial charge in [-0.2, -0.15) is 0 Å². The van der Waals surface area contributed by atoms with Crippen molar-refractivity contribution in [2.24, 2.45) is 0 Å². The molecule has 3 N–H and O–H groups in total. The van der Waals surface area contributed by atoms with Crippen molar-refractivity contribution < 1.29 is 27.9 Å². The number of halogens is 1. The Hall–Kier alpha value is -3.12. The number of ketones is 1. The zero-order valence-electron chi connectivity index (χ0n) is 20.8. The lowest BCUT2D eigenvalue weighted by Crippen LogP contribution is -2.30. The Morgan fingerprint density at radius 1 is 1.22 bits per heavy atom. The number of carbonyl (C=O) groups excluding carboxylic acids is 2. The van der Waals surface area contributed by atoms with Crippen LogP contribution >= 0.6 is 17.0 Å². The maximum atomic E-state index is 13.2. The first-order chi connectivity index (χ1) is 16.4. The summed E-state index contributed by atoms with van der Waals surface area (Å²) in [5, 5.41) is 21.7. The first-order valence-corrected chi connectivity index (χ1v) is 13.0. The number of amidine groups is 1. The first kappa shape index (κ1) is 29.1. The van der Waals surface area contributed by atoms with E-state index >= 15 is 0 Å². The molecule has 10 nitrogen and oxygen atoms in total. The third kappa shape index (κ3) is 5.65. The molecule has 0 saturated carbocycles.